The molecule has 2 fully saturated rings. The second kappa shape index (κ2) is 15.6. The van der Waals surface area contributed by atoms with Gasteiger partial charge in [-0.05, 0) is 93.3 Å². The molecule has 0 heterocycles. The highest BCUT2D eigenvalue weighted by atomic mass is 16.6. The molecule has 0 aromatic carbocycles. The van der Waals surface area contributed by atoms with Crippen LogP contribution in [0.25, 0.3) is 0 Å². The lowest BCUT2D eigenvalue weighted by atomic mass is 9.65. The summed E-state index contributed by atoms with van der Waals surface area (Å²) in [5, 5.41) is 33.6. The van der Waals surface area contributed by atoms with Crippen molar-refractivity contribution in [2.45, 2.75) is 144 Å². The van der Waals surface area contributed by atoms with E-state index in [1.807, 2.05) is 0 Å². The number of hydrogen-bond donors (Lipinski definition) is 3. The van der Waals surface area contributed by atoms with Crippen LogP contribution in [-0.2, 0) is 9.47 Å². The van der Waals surface area contributed by atoms with Crippen molar-refractivity contribution < 1.29 is 24.8 Å². The van der Waals surface area contributed by atoms with Crippen molar-refractivity contribution in [3.8, 4) is 0 Å². The topological polar surface area (TPSA) is 79.2 Å². The van der Waals surface area contributed by atoms with E-state index in [9.17, 15) is 15.3 Å². The average molecular weight is 527 g/mol. The molecular formula is C32H62O5. The zero-order valence-corrected chi connectivity index (χ0v) is 25.5. The van der Waals surface area contributed by atoms with E-state index in [2.05, 4.69) is 48.5 Å². The minimum absolute atomic E-state index is 0.0172. The molecule has 0 radical (unpaired) electrons. The molecular weight excluding hydrogens is 464 g/mol. The van der Waals surface area contributed by atoms with Crippen molar-refractivity contribution in [1.82, 2.24) is 0 Å². The molecule has 12 atom stereocenters. The van der Waals surface area contributed by atoms with E-state index in [1.165, 1.54) is 6.42 Å². The first kappa shape index (κ1) is 33.0. The first-order valence-corrected chi connectivity index (χ1v) is 15.7. The van der Waals surface area contributed by atoms with E-state index >= 15 is 0 Å². The summed E-state index contributed by atoms with van der Waals surface area (Å²) in [6.45, 7) is 18.3. The maximum atomic E-state index is 11.5. The van der Waals surface area contributed by atoms with Gasteiger partial charge in [-0.1, -0.05) is 67.2 Å². The van der Waals surface area contributed by atoms with E-state index in [4.69, 9.17) is 9.47 Å². The second-order valence-electron chi connectivity index (χ2n) is 13.6. The van der Waals surface area contributed by atoms with Gasteiger partial charge >= 0.3 is 0 Å². The summed E-state index contributed by atoms with van der Waals surface area (Å²) in [7, 11) is 0. The third-order valence-electron chi connectivity index (χ3n) is 10.00. The van der Waals surface area contributed by atoms with E-state index in [0.717, 1.165) is 58.0 Å². The summed E-state index contributed by atoms with van der Waals surface area (Å²) in [6, 6.07) is 0. The maximum Gasteiger partial charge on any atom is 0.162 e. The van der Waals surface area contributed by atoms with Gasteiger partial charge < -0.3 is 24.8 Å². The lowest BCUT2D eigenvalue weighted by Gasteiger charge is -2.44. The molecule has 220 valence electrons. The number of aliphatic hydroxyl groups is 3. The van der Waals surface area contributed by atoms with Gasteiger partial charge in [0.25, 0.3) is 0 Å². The fourth-order valence-corrected chi connectivity index (χ4v) is 7.54. The summed E-state index contributed by atoms with van der Waals surface area (Å²) in [4.78, 5) is 0. The smallest absolute Gasteiger partial charge is 0.162 e. The van der Waals surface area contributed by atoms with Gasteiger partial charge in [0, 0.05) is 6.42 Å². The highest BCUT2D eigenvalue weighted by Gasteiger charge is 2.42. The van der Waals surface area contributed by atoms with Crippen LogP contribution >= 0.6 is 0 Å². The third kappa shape index (κ3) is 10.0. The van der Waals surface area contributed by atoms with Gasteiger partial charge in [0.1, 0.15) is 0 Å². The molecule has 0 bridgehead atoms. The molecule has 0 aromatic heterocycles. The number of ether oxygens (including phenoxy) is 2. The van der Waals surface area contributed by atoms with Crippen molar-refractivity contribution in [3.63, 3.8) is 0 Å². The largest absolute Gasteiger partial charge is 0.390 e. The van der Waals surface area contributed by atoms with E-state index in [0.29, 0.717) is 36.7 Å². The van der Waals surface area contributed by atoms with Gasteiger partial charge in [0.2, 0.25) is 0 Å². The Bertz CT molecular complexity index is 624. The van der Waals surface area contributed by atoms with Gasteiger partial charge in [-0.25, -0.2) is 0 Å². The Hall–Kier alpha value is -0.200. The Labute approximate surface area is 229 Å². The quantitative estimate of drug-likeness (QED) is 0.204. The molecule has 0 aromatic rings. The molecule has 2 saturated carbocycles. The lowest BCUT2D eigenvalue weighted by molar-refractivity contribution is -0.208. The van der Waals surface area contributed by atoms with E-state index in [-0.39, 0.29) is 29.8 Å². The Balaban J connectivity index is 2.05. The molecule has 37 heavy (non-hydrogen) atoms. The van der Waals surface area contributed by atoms with Gasteiger partial charge in [0.15, 0.2) is 5.79 Å². The molecule has 2 aliphatic carbocycles. The van der Waals surface area contributed by atoms with Gasteiger partial charge in [-0.2, -0.15) is 0 Å². The van der Waals surface area contributed by atoms with Gasteiger partial charge in [-0.15, -0.1) is 0 Å². The molecule has 7 unspecified atom stereocenters. The van der Waals surface area contributed by atoms with Crippen LogP contribution in [0.3, 0.4) is 0 Å². The summed E-state index contributed by atoms with van der Waals surface area (Å²) >= 11 is 0. The highest BCUT2D eigenvalue weighted by molar-refractivity contribution is 4.92. The molecule has 2 aliphatic rings. The first-order chi connectivity index (χ1) is 17.4. The first-order valence-electron chi connectivity index (χ1n) is 15.7. The zero-order valence-electron chi connectivity index (χ0n) is 25.5. The van der Waals surface area contributed by atoms with Crippen molar-refractivity contribution in [2.75, 3.05) is 13.2 Å². The van der Waals surface area contributed by atoms with E-state index < -0.39 is 18.0 Å². The molecule has 0 spiro atoms. The van der Waals surface area contributed by atoms with Crippen molar-refractivity contribution in [1.29, 1.82) is 0 Å². The zero-order chi connectivity index (χ0) is 27.8. The minimum atomic E-state index is -1.10. The molecule has 0 amide bonds. The van der Waals surface area contributed by atoms with Crippen LogP contribution in [0.4, 0.5) is 0 Å². The Morgan fingerprint density at radius 1 is 0.784 bits per heavy atom. The molecule has 5 heteroatoms. The van der Waals surface area contributed by atoms with Crippen LogP contribution in [0.1, 0.15) is 120 Å². The van der Waals surface area contributed by atoms with Gasteiger partial charge in [0.05, 0.1) is 31.5 Å². The fraction of sp³-hybridized carbons (Fsp3) is 1.00. The predicted octanol–water partition coefficient (Wildman–Crippen LogP) is 6.82. The van der Waals surface area contributed by atoms with Crippen molar-refractivity contribution >= 4 is 0 Å². The SMILES string of the molecule is CCCC(C)OCC1C[C@H](C)CC[C@H]1C(C)C(O)C(O)C(C)[C@@H]1CC[C@@H](C)CC1CO[C@](C)(O)CCC. The van der Waals surface area contributed by atoms with Crippen LogP contribution < -0.4 is 0 Å². The molecule has 0 aliphatic heterocycles. The normalized spacial score (nSPS) is 34.8. The standard InChI is InChI=1S/C32H62O5/c1-9-11-23(5)36-19-26-17-21(3)12-14-28(26)24(6)30(33)31(34)25(7)29-15-13-22(4)18-27(29)20-37-32(8,35)16-10-2/h21-31,33-35H,9-20H2,1-8H3/t21-,22-,23?,24?,25?,26?,27?,28+,29+,30?,31?,32+/m1/s1. The number of rotatable bonds is 15. The predicted molar refractivity (Wildman–Crippen MR) is 152 cm³/mol. The minimum Gasteiger partial charge on any atom is -0.390 e. The van der Waals surface area contributed by atoms with Crippen LogP contribution in [-0.4, -0.2) is 52.6 Å². The number of aliphatic hydroxyl groups excluding tert-OH is 2. The van der Waals surface area contributed by atoms with Crippen LogP contribution in [0.2, 0.25) is 0 Å². The molecule has 2 rings (SSSR count). The van der Waals surface area contributed by atoms with Crippen LogP contribution in [0.15, 0.2) is 0 Å². The summed E-state index contributed by atoms with van der Waals surface area (Å²) in [5.41, 5.74) is 0. The molecule has 0 saturated heterocycles. The summed E-state index contributed by atoms with van der Waals surface area (Å²) in [5.74, 6) is 1.61. The monoisotopic (exact) mass is 526 g/mol. The van der Waals surface area contributed by atoms with Crippen LogP contribution in [0.5, 0.6) is 0 Å². The van der Waals surface area contributed by atoms with Gasteiger partial charge in [-0.3, -0.25) is 0 Å². The Kier molecular flexibility index (Phi) is 13.9. The van der Waals surface area contributed by atoms with Crippen molar-refractivity contribution in [2.24, 2.45) is 47.3 Å². The Morgan fingerprint density at radius 3 is 1.73 bits per heavy atom. The second-order valence-corrected chi connectivity index (χ2v) is 13.6. The number of hydrogen-bond acceptors (Lipinski definition) is 5. The average Bonchev–Trinajstić information content (AvgIpc) is 2.85. The van der Waals surface area contributed by atoms with Crippen LogP contribution in [0, 0.1) is 47.3 Å². The molecule has 3 N–H and O–H groups in total. The molecule has 5 nitrogen and oxygen atoms in total. The highest BCUT2D eigenvalue weighted by Crippen LogP contribution is 2.44. The van der Waals surface area contributed by atoms with E-state index in [1.54, 1.807) is 6.92 Å². The Morgan fingerprint density at radius 2 is 1.27 bits per heavy atom. The van der Waals surface area contributed by atoms with Crippen molar-refractivity contribution in [3.05, 3.63) is 0 Å². The lowest BCUT2D eigenvalue weighted by Crippen LogP contribution is -2.47. The third-order valence-corrected chi connectivity index (χ3v) is 10.00. The fourth-order valence-electron chi connectivity index (χ4n) is 7.54. The summed E-state index contributed by atoms with van der Waals surface area (Å²) in [6.07, 6.45) is 9.15. The maximum absolute atomic E-state index is 11.5. The summed E-state index contributed by atoms with van der Waals surface area (Å²) < 4.78 is 12.3.